The van der Waals surface area contributed by atoms with Crippen LogP contribution < -0.4 is 10.6 Å². The Bertz CT molecular complexity index is 828. The second-order valence-electron chi connectivity index (χ2n) is 7.01. The molecule has 6 nitrogen and oxygen atoms in total. The highest BCUT2D eigenvalue weighted by Gasteiger charge is 2.34. The van der Waals surface area contributed by atoms with Gasteiger partial charge in [0.2, 0.25) is 5.91 Å². The van der Waals surface area contributed by atoms with Crippen molar-refractivity contribution in [2.75, 3.05) is 25.0 Å². The third-order valence-corrected chi connectivity index (χ3v) is 7.10. The topological polar surface area (TPSA) is 74.3 Å². The summed E-state index contributed by atoms with van der Waals surface area (Å²) < 4.78 is 0.989. The Balaban J connectivity index is 1.35. The quantitative estimate of drug-likeness (QED) is 0.804. The Labute approximate surface area is 166 Å². The molecule has 3 saturated heterocycles. The van der Waals surface area contributed by atoms with Crippen molar-refractivity contribution < 1.29 is 9.59 Å². The van der Waals surface area contributed by atoms with Crippen molar-refractivity contribution in [2.45, 2.75) is 34.9 Å². The molecule has 1 aromatic heterocycles. The van der Waals surface area contributed by atoms with E-state index in [-0.39, 0.29) is 17.9 Å². The van der Waals surface area contributed by atoms with Crippen molar-refractivity contribution in [1.29, 1.82) is 0 Å². The van der Waals surface area contributed by atoms with E-state index in [4.69, 9.17) is 0 Å². The standard InChI is InChI=1S/C19H22N4O2S2/c1-12(24)21-19-20-10-17(27-19)26-15-4-2-14(3-5-15)18(25)22-16-11-23-8-6-13(16)7-9-23/h2-5,10,13,16H,6-9,11H2,1H3,(H,22,25)(H,20,21,24). The summed E-state index contributed by atoms with van der Waals surface area (Å²) >= 11 is 3.00. The molecule has 2 aromatic rings. The van der Waals surface area contributed by atoms with Crippen LogP contribution >= 0.6 is 23.1 Å². The highest BCUT2D eigenvalue weighted by Crippen LogP contribution is 2.34. The molecule has 1 unspecified atom stereocenters. The molecule has 5 rings (SSSR count). The van der Waals surface area contributed by atoms with E-state index in [1.54, 1.807) is 18.0 Å². The van der Waals surface area contributed by atoms with Crippen molar-refractivity contribution in [3.05, 3.63) is 36.0 Å². The normalized spacial score (nSPS) is 23.8. The molecule has 0 saturated carbocycles. The first-order valence-corrected chi connectivity index (χ1v) is 10.7. The summed E-state index contributed by atoms with van der Waals surface area (Å²) in [5, 5.41) is 6.50. The molecule has 4 heterocycles. The second-order valence-corrected chi connectivity index (χ2v) is 9.41. The molecule has 3 fully saturated rings. The van der Waals surface area contributed by atoms with Crippen LogP contribution in [-0.2, 0) is 4.79 Å². The maximum Gasteiger partial charge on any atom is 0.251 e. The van der Waals surface area contributed by atoms with Crippen LogP contribution in [0.4, 0.5) is 5.13 Å². The summed E-state index contributed by atoms with van der Waals surface area (Å²) in [4.78, 5) is 31.3. The maximum absolute atomic E-state index is 12.6. The molecule has 0 radical (unpaired) electrons. The number of nitrogens with zero attached hydrogens (tertiary/aromatic N) is 2. The molecule has 3 aliphatic heterocycles. The van der Waals surface area contributed by atoms with Crippen LogP contribution in [0.25, 0.3) is 0 Å². The third kappa shape index (κ3) is 4.51. The minimum absolute atomic E-state index is 0.0102. The van der Waals surface area contributed by atoms with E-state index in [9.17, 15) is 9.59 Å². The number of anilines is 1. The van der Waals surface area contributed by atoms with Crippen LogP contribution in [-0.4, -0.2) is 47.4 Å². The zero-order valence-corrected chi connectivity index (χ0v) is 16.7. The molecule has 1 aromatic carbocycles. The van der Waals surface area contributed by atoms with E-state index in [1.807, 2.05) is 24.3 Å². The summed E-state index contributed by atoms with van der Waals surface area (Å²) in [6.45, 7) is 4.79. The zero-order chi connectivity index (χ0) is 18.8. The predicted octanol–water partition coefficient (Wildman–Crippen LogP) is 3.08. The van der Waals surface area contributed by atoms with E-state index in [0.717, 1.165) is 15.6 Å². The minimum atomic E-state index is -0.126. The number of carbonyl (C=O) groups is 2. The van der Waals surface area contributed by atoms with Gasteiger partial charge in [-0.3, -0.25) is 9.59 Å². The van der Waals surface area contributed by atoms with Gasteiger partial charge in [0, 0.05) is 30.0 Å². The fourth-order valence-electron chi connectivity index (χ4n) is 3.69. The number of hydrogen-bond acceptors (Lipinski definition) is 6. The van der Waals surface area contributed by atoms with Crippen molar-refractivity contribution in [3.8, 4) is 0 Å². The fourth-order valence-corrected chi connectivity index (χ4v) is 5.58. The molecular weight excluding hydrogens is 380 g/mol. The molecule has 8 heteroatoms. The SMILES string of the molecule is CC(=O)Nc1ncc(Sc2ccc(C(=O)NC3CN4CCC3CC4)cc2)s1. The first kappa shape index (κ1) is 18.5. The smallest absolute Gasteiger partial charge is 0.251 e. The van der Waals surface area contributed by atoms with Crippen LogP contribution in [0.1, 0.15) is 30.1 Å². The molecule has 1 atom stereocenters. The highest BCUT2D eigenvalue weighted by molar-refractivity contribution is 8.01. The van der Waals surface area contributed by atoms with Crippen molar-refractivity contribution in [3.63, 3.8) is 0 Å². The first-order chi connectivity index (χ1) is 13.1. The van der Waals surface area contributed by atoms with E-state index in [2.05, 4.69) is 20.5 Å². The Hall–Kier alpha value is -1.90. The lowest BCUT2D eigenvalue weighted by atomic mass is 9.84. The van der Waals surface area contributed by atoms with E-state index >= 15 is 0 Å². The predicted molar refractivity (Wildman–Crippen MR) is 107 cm³/mol. The molecule has 2 amide bonds. The van der Waals surface area contributed by atoms with Crippen LogP contribution in [0.3, 0.4) is 0 Å². The molecular formula is C19H22N4O2S2. The van der Waals surface area contributed by atoms with Crippen molar-refractivity contribution in [1.82, 2.24) is 15.2 Å². The summed E-state index contributed by atoms with van der Waals surface area (Å²) in [7, 11) is 0. The Morgan fingerprint density at radius 1 is 1.22 bits per heavy atom. The summed E-state index contributed by atoms with van der Waals surface area (Å²) in [5.41, 5.74) is 0.694. The Morgan fingerprint density at radius 2 is 1.96 bits per heavy atom. The van der Waals surface area contributed by atoms with Gasteiger partial charge in [-0.1, -0.05) is 23.1 Å². The van der Waals surface area contributed by atoms with Gasteiger partial charge in [-0.15, -0.1) is 0 Å². The number of piperidine rings is 3. The van der Waals surface area contributed by atoms with Gasteiger partial charge in [-0.2, -0.15) is 0 Å². The summed E-state index contributed by atoms with van der Waals surface area (Å²) in [6, 6.07) is 7.92. The number of fused-ring (bicyclic) bond motifs is 3. The summed E-state index contributed by atoms with van der Waals surface area (Å²) in [6.07, 6.45) is 4.13. The van der Waals surface area contributed by atoms with E-state index in [0.29, 0.717) is 16.6 Å². The Morgan fingerprint density at radius 3 is 2.59 bits per heavy atom. The molecule has 0 aliphatic carbocycles. The molecule has 3 aliphatic rings. The number of hydrogen-bond donors (Lipinski definition) is 2. The van der Waals surface area contributed by atoms with Crippen molar-refractivity contribution >= 4 is 40.0 Å². The average Bonchev–Trinajstić information content (AvgIpc) is 3.09. The molecule has 27 heavy (non-hydrogen) atoms. The van der Waals surface area contributed by atoms with Gasteiger partial charge in [0.1, 0.15) is 0 Å². The lowest BCUT2D eigenvalue weighted by Gasteiger charge is -2.44. The first-order valence-electron chi connectivity index (χ1n) is 9.11. The fraction of sp³-hybridized carbons (Fsp3) is 0.421. The monoisotopic (exact) mass is 402 g/mol. The molecule has 142 valence electrons. The molecule has 2 bridgehead atoms. The lowest BCUT2D eigenvalue weighted by Crippen LogP contribution is -2.57. The third-order valence-electron chi connectivity index (χ3n) is 5.08. The lowest BCUT2D eigenvalue weighted by molar-refractivity contribution is -0.114. The van der Waals surface area contributed by atoms with Crippen LogP contribution in [0.2, 0.25) is 0 Å². The summed E-state index contributed by atoms with van der Waals surface area (Å²) in [5.74, 6) is 0.508. The van der Waals surface area contributed by atoms with E-state index in [1.165, 1.54) is 44.2 Å². The number of rotatable bonds is 5. The number of benzene rings is 1. The number of nitrogens with one attached hydrogen (secondary N) is 2. The average molecular weight is 403 g/mol. The second kappa shape index (κ2) is 8.00. The highest BCUT2D eigenvalue weighted by atomic mass is 32.2. The van der Waals surface area contributed by atoms with Crippen LogP contribution in [0.5, 0.6) is 0 Å². The van der Waals surface area contributed by atoms with Crippen molar-refractivity contribution in [2.24, 2.45) is 5.92 Å². The largest absolute Gasteiger partial charge is 0.348 e. The number of amides is 2. The van der Waals surface area contributed by atoms with Gasteiger partial charge in [-0.25, -0.2) is 4.98 Å². The Kier molecular flexibility index (Phi) is 5.47. The van der Waals surface area contributed by atoms with E-state index < -0.39 is 0 Å². The van der Waals surface area contributed by atoms with Gasteiger partial charge in [0.15, 0.2) is 5.13 Å². The number of thiazole rings is 1. The number of aromatic nitrogens is 1. The zero-order valence-electron chi connectivity index (χ0n) is 15.1. The van der Waals surface area contributed by atoms with Gasteiger partial charge >= 0.3 is 0 Å². The maximum atomic E-state index is 12.6. The van der Waals surface area contributed by atoms with Gasteiger partial charge < -0.3 is 15.5 Å². The van der Waals surface area contributed by atoms with Crippen LogP contribution in [0.15, 0.2) is 39.6 Å². The molecule has 0 spiro atoms. The molecule has 2 N–H and O–H groups in total. The van der Waals surface area contributed by atoms with Gasteiger partial charge in [0.05, 0.1) is 10.4 Å². The van der Waals surface area contributed by atoms with Gasteiger partial charge in [0.25, 0.3) is 5.91 Å². The van der Waals surface area contributed by atoms with Crippen LogP contribution in [0, 0.1) is 5.92 Å². The minimum Gasteiger partial charge on any atom is -0.348 e. The number of carbonyl (C=O) groups excluding carboxylic acids is 2. The van der Waals surface area contributed by atoms with Gasteiger partial charge in [-0.05, 0) is 56.1 Å².